The number of hydrogen-bond donors (Lipinski definition) is 2. The van der Waals surface area contributed by atoms with Crippen molar-refractivity contribution in [2.24, 2.45) is 0 Å². The van der Waals surface area contributed by atoms with E-state index in [1.54, 1.807) is 36.7 Å². The minimum Gasteiger partial charge on any atom is -0.334 e. The van der Waals surface area contributed by atoms with Gasteiger partial charge in [-0.1, -0.05) is 22.0 Å². The lowest BCUT2D eigenvalue weighted by atomic mass is 10.3. The van der Waals surface area contributed by atoms with Gasteiger partial charge in [-0.2, -0.15) is 0 Å². The number of aromatic nitrogens is 3. The predicted molar refractivity (Wildman–Crippen MR) is 93.6 cm³/mol. The van der Waals surface area contributed by atoms with Gasteiger partial charge in [0.1, 0.15) is 6.33 Å². The number of rotatable bonds is 5. The lowest BCUT2D eigenvalue weighted by molar-refractivity contribution is -0.383. The Kier molecular flexibility index (Phi) is 4.62. The van der Waals surface area contributed by atoms with Crippen LogP contribution < -0.4 is 10.6 Å². The lowest BCUT2D eigenvalue weighted by Crippen LogP contribution is -2.05. The van der Waals surface area contributed by atoms with Crippen molar-refractivity contribution in [1.82, 2.24) is 15.0 Å². The van der Waals surface area contributed by atoms with E-state index in [0.717, 1.165) is 4.47 Å². The van der Waals surface area contributed by atoms with Gasteiger partial charge in [-0.05, 0) is 30.3 Å². The van der Waals surface area contributed by atoms with Crippen LogP contribution in [0.5, 0.6) is 0 Å². The van der Waals surface area contributed by atoms with E-state index < -0.39 is 4.92 Å². The van der Waals surface area contributed by atoms with Crippen LogP contribution in [0.15, 0.2) is 59.6 Å². The molecule has 24 heavy (non-hydrogen) atoms. The Balaban J connectivity index is 1.97. The summed E-state index contributed by atoms with van der Waals surface area (Å²) in [6, 6.07) is 10.6. The molecule has 0 aliphatic rings. The van der Waals surface area contributed by atoms with Crippen molar-refractivity contribution < 1.29 is 4.92 Å². The maximum atomic E-state index is 11.5. The summed E-state index contributed by atoms with van der Waals surface area (Å²) < 4.78 is 0.847. The minimum atomic E-state index is -0.524. The van der Waals surface area contributed by atoms with E-state index >= 15 is 0 Å². The maximum absolute atomic E-state index is 11.5. The topological polar surface area (TPSA) is 106 Å². The van der Waals surface area contributed by atoms with E-state index in [9.17, 15) is 10.1 Å². The van der Waals surface area contributed by atoms with E-state index in [1.807, 2.05) is 12.1 Å². The van der Waals surface area contributed by atoms with Gasteiger partial charge in [0.05, 0.1) is 4.92 Å². The molecule has 0 spiro atoms. The highest BCUT2D eigenvalue weighted by molar-refractivity contribution is 9.10. The van der Waals surface area contributed by atoms with Gasteiger partial charge in [-0.25, -0.2) is 9.97 Å². The van der Waals surface area contributed by atoms with E-state index in [-0.39, 0.29) is 17.3 Å². The highest BCUT2D eigenvalue weighted by Gasteiger charge is 2.23. The summed E-state index contributed by atoms with van der Waals surface area (Å²) in [6.07, 6.45) is 4.42. The maximum Gasteiger partial charge on any atom is 0.353 e. The van der Waals surface area contributed by atoms with Crippen LogP contribution in [-0.4, -0.2) is 19.9 Å². The Morgan fingerprint density at radius 1 is 1.00 bits per heavy atom. The molecular formula is C15H11BrN6O2. The molecule has 9 heteroatoms. The van der Waals surface area contributed by atoms with E-state index in [4.69, 9.17) is 0 Å². The highest BCUT2D eigenvalue weighted by Crippen LogP contribution is 2.33. The summed E-state index contributed by atoms with van der Waals surface area (Å²) >= 11 is 3.36. The summed E-state index contributed by atoms with van der Waals surface area (Å²) in [6.45, 7) is 0. The molecule has 0 aliphatic heterocycles. The van der Waals surface area contributed by atoms with Crippen molar-refractivity contribution in [3.8, 4) is 0 Å². The molecule has 3 aromatic rings. The first-order valence-electron chi connectivity index (χ1n) is 6.82. The fourth-order valence-electron chi connectivity index (χ4n) is 2.01. The molecule has 2 heterocycles. The van der Waals surface area contributed by atoms with Crippen LogP contribution in [0.3, 0.4) is 0 Å². The molecular weight excluding hydrogens is 376 g/mol. The number of anilines is 4. The van der Waals surface area contributed by atoms with Crippen molar-refractivity contribution in [2.75, 3.05) is 10.6 Å². The van der Waals surface area contributed by atoms with Crippen LogP contribution in [0.4, 0.5) is 28.7 Å². The molecule has 8 nitrogen and oxygen atoms in total. The fourth-order valence-corrected chi connectivity index (χ4v) is 2.41. The zero-order valence-electron chi connectivity index (χ0n) is 12.2. The zero-order chi connectivity index (χ0) is 16.9. The first-order valence-corrected chi connectivity index (χ1v) is 7.62. The number of hydrogen-bond acceptors (Lipinski definition) is 7. The SMILES string of the molecule is O=[N+]([O-])c1c(Nc2ccncc2)ncnc1Nc1cccc(Br)c1. The molecule has 0 bridgehead atoms. The Bertz CT molecular complexity index is 875. The smallest absolute Gasteiger partial charge is 0.334 e. The normalized spacial score (nSPS) is 10.2. The number of nitro groups is 1. The van der Waals surface area contributed by atoms with Gasteiger partial charge in [-0.3, -0.25) is 15.1 Å². The third kappa shape index (κ3) is 3.63. The molecule has 0 saturated carbocycles. The van der Waals surface area contributed by atoms with Gasteiger partial charge in [-0.15, -0.1) is 0 Å². The summed E-state index contributed by atoms with van der Waals surface area (Å²) in [5.41, 5.74) is 1.07. The first-order chi connectivity index (χ1) is 11.6. The van der Waals surface area contributed by atoms with Crippen LogP contribution in [0.25, 0.3) is 0 Å². The number of halogens is 1. The van der Waals surface area contributed by atoms with Crippen LogP contribution in [0, 0.1) is 10.1 Å². The fraction of sp³-hybridized carbons (Fsp3) is 0. The molecule has 1 aromatic carbocycles. The number of nitrogens with zero attached hydrogens (tertiary/aromatic N) is 4. The standard InChI is InChI=1S/C15H11BrN6O2/c16-10-2-1-3-12(8-10)21-15-13(22(23)24)14(18-9-19-15)20-11-4-6-17-7-5-11/h1-9H,(H2,17,18,19,20,21). The summed E-state index contributed by atoms with van der Waals surface area (Å²) in [4.78, 5) is 22.9. The van der Waals surface area contributed by atoms with E-state index in [0.29, 0.717) is 11.4 Å². The second kappa shape index (κ2) is 7.01. The molecule has 3 rings (SSSR count). The van der Waals surface area contributed by atoms with Crippen LogP contribution in [0.2, 0.25) is 0 Å². The Morgan fingerprint density at radius 2 is 1.67 bits per heavy atom. The highest BCUT2D eigenvalue weighted by atomic mass is 79.9. The number of pyridine rings is 1. The summed E-state index contributed by atoms with van der Waals surface area (Å²) in [5, 5.41) is 17.4. The van der Waals surface area contributed by atoms with E-state index in [2.05, 4.69) is 41.5 Å². The first kappa shape index (κ1) is 15.8. The second-order valence-corrected chi connectivity index (χ2v) is 5.59. The van der Waals surface area contributed by atoms with Crippen molar-refractivity contribution in [2.45, 2.75) is 0 Å². The Hall–Kier alpha value is -3.07. The Labute approximate surface area is 145 Å². The average molecular weight is 387 g/mol. The molecule has 0 saturated heterocycles. The quantitative estimate of drug-likeness (QED) is 0.503. The molecule has 0 aliphatic carbocycles. The molecule has 0 fully saturated rings. The summed E-state index contributed by atoms with van der Waals surface area (Å²) in [7, 11) is 0. The third-order valence-electron chi connectivity index (χ3n) is 3.04. The molecule has 0 atom stereocenters. The minimum absolute atomic E-state index is 0.0960. The monoisotopic (exact) mass is 386 g/mol. The van der Waals surface area contributed by atoms with Gasteiger partial charge in [0.25, 0.3) is 0 Å². The summed E-state index contributed by atoms with van der Waals surface area (Å²) in [5.74, 6) is 0.198. The molecule has 0 radical (unpaired) electrons. The van der Waals surface area contributed by atoms with Gasteiger partial charge < -0.3 is 10.6 Å². The molecule has 2 aromatic heterocycles. The van der Waals surface area contributed by atoms with Crippen molar-refractivity contribution in [3.05, 3.63) is 69.7 Å². The second-order valence-electron chi connectivity index (χ2n) is 4.67. The van der Waals surface area contributed by atoms with Gasteiger partial charge in [0.2, 0.25) is 11.6 Å². The van der Waals surface area contributed by atoms with Gasteiger partial charge in [0, 0.05) is 28.2 Å². The van der Waals surface area contributed by atoms with Crippen molar-refractivity contribution in [3.63, 3.8) is 0 Å². The molecule has 0 unspecified atom stereocenters. The van der Waals surface area contributed by atoms with Crippen LogP contribution in [-0.2, 0) is 0 Å². The zero-order valence-corrected chi connectivity index (χ0v) is 13.8. The molecule has 2 N–H and O–H groups in total. The average Bonchev–Trinajstić information content (AvgIpc) is 2.56. The van der Waals surface area contributed by atoms with Crippen molar-refractivity contribution in [1.29, 1.82) is 0 Å². The molecule has 120 valence electrons. The van der Waals surface area contributed by atoms with Crippen molar-refractivity contribution >= 4 is 44.6 Å². The van der Waals surface area contributed by atoms with Crippen LogP contribution in [0.1, 0.15) is 0 Å². The van der Waals surface area contributed by atoms with E-state index in [1.165, 1.54) is 6.33 Å². The van der Waals surface area contributed by atoms with Crippen LogP contribution >= 0.6 is 15.9 Å². The largest absolute Gasteiger partial charge is 0.353 e. The molecule has 0 amide bonds. The Morgan fingerprint density at radius 3 is 2.29 bits per heavy atom. The predicted octanol–water partition coefficient (Wildman–Crippen LogP) is 4.03. The number of benzene rings is 1. The number of nitrogens with one attached hydrogen (secondary N) is 2. The third-order valence-corrected chi connectivity index (χ3v) is 3.53. The lowest BCUT2D eigenvalue weighted by Gasteiger charge is -2.10. The van der Waals surface area contributed by atoms with Gasteiger partial charge in [0.15, 0.2) is 0 Å². The van der Waals surface area contributed by atoms with Gasteiger partial charge >= 0.3 is 5.69 Å².